The zero-order valence-electron chi connectivity index (χ0n) is 7.26. The predicted octanol–water partition coefficient (Wildman–Crippen LogP) is 1.91. The molecule has 0 bridgehead atoms. The van der Waals surface area contributed by atoms with Crippen molar-refractivity contribution in [3.05, 3.63) is 36.1 Å². The van der Waals surface area contributed by atoms with Crippen LogP contribution in [0, 0.1) is 0 Å². The lowest BCUT2D eigenvalue weighted by Gasteiger charge is -2.17. The van der Waals surface area contributed by atoms with Crippen LogP contribution in [0.25, 0.3) is 0 Å². The van der Waals surface area contributed by atoms with Crippen molar-refractivity contribution in [1.29, 1.82) is 0 Å². The average Bonchev–Trinajstić information content (AvgIpc) is 2.03. The number of hydrogen-bond donors (Lipinski definition) is 1. The molecule has 1 rings (SSSR count). The molecule has 2 heteroatoms. The van der Waals surface area contributed by atoms with Gasteiger partial charge in [-0.2, -0.15) is 0 Å². The Hall–Kier alpha value is -1.31. The first-order valence-electron chi connectivity index (χ1n) is 4.05. The molecule has 0 aliphatic carbocycles. The average molecular weight is 163 g/mol. The summed E-state index contributed by atoms with van der Waals surface area (Å²) in [5.74, 6) is 0.0672. The fourth-order valence-electron chi connectivity index (χ4n) is 1.11. The number of piperidine rings is 1. The van der Waals surface area contributed by atoms with Gasteiger partial charge in [0.25, 0.3) is 0 Å². The van der Waals surface area contributed by atoms with E-state index in [0.29, 0.717) is 6.42 Å². The minimum absolute atomic E-state index is 0.0672. The third-order valence-corrected chi connectivity index (χ3v) is 1.79. The molecule has 64 valence electrons. The van der Waals surface area contributed by atoms with E-state index in [9.17, 15) is 4.79 Å². The van der Waals surface area contributed by atoms with Gasteiger partial charge in [-0.3, -0.25) is 4.79 Å². The minimum atomic E-state index is 0.0672. The van der Waals surface area contributed by atoms with Crippen molar-refractivity contribution in [2.24, 2.45) is 0 Å². The van der Waals surface area contributed by atoms with Gasteiger partial charge in [-0.15, -0.1) is 0 Å². The highest BCUT2D eigenvalue weighted by Crippen LogP contribution is 2.17. The van der Waals surface area contributed by atoms with Gasteiger partial charge < -0.3 is 5.32 Å². The van der Waals surface area contributed by atoms with Crippen LogP contribution in [0.5, 0.6) is 0 Å². The maximum absolute atomic E-state index is 10.9. The summed E-state index contributed by atoms with van der Waals surface area (Å²) in [6, 6.07) is 0. The van der Waals surface area contributed by atoms with Gasteiger partial charge in [-0.25, -0.2) is 0 Å². The number of carbonyl (C=O) groups is 1. The van der Waals surface area contributed by atoms with E-state index in [4.69, 9.17) is 0 Å². The summed E-state index contributed by atoms with van der Waals surface area (Å²) in [4.78, 5) is 10.9. The summed E-state index contributed by atoms with van der Waals surface area (Å²) in [7, 11) is 0. The highest BCUT2D eigenvalue weighted by Gasteiger charge is 2.13. The largest absolute Gasteiger partial charge is 0.326 e. The predicted molar refractivity (Wildman–Crippen MR) is 49.4 cm³/mol. The van der Waals surface area contributed by atoms with E-state index < -0.39 is 0 Å². The maximum atomic E-state index is 10.9. The molecule has 1 N–H and O–H groups in total. The van der Waals surface area contributed by atoms with Crippen molar-refractivity contribution in [3.63, 3.8) is 0 Å². The Morgan fingerprint density at radius 3 is 2.83 bits per heavy atom. The number of amides is 1. The molecule has 1 amide bonds. The van der Waals surface area contributed by atoms with Crippen molar-refractivity contribution in [3.8, 4) is 0 Å². The summed E-state index contributed by atoms with van der Waals surface area (Å²) in [6.07, 6.45) is 7.27. The van der Waals surface area contributed by atoms with Crippen LogP contribution in [0.2, 0.25) is 0 Å². The molecule has 0 aromatic heterocycles. The minimum Gasteiger partial charge on any atom is -0.326 e. The third-order valence-electron chi connectivity index (χ3n) is 1.79. The van der Waals surface area contributed by atoms with Gasteiger partial charge in [-0.1, -0.05) is 24.8 Å². The lowest BCUT2D eigenvalue weighted by atomic mass is 10.0. The molecule has 1 fully saturated rings. The third kappa shape index (κ3) is 2.09. The van der Waals surface area contributed by atoms with Gasteiger partial charge >= 0.3 is 0 Å². The van der Waals surface area contributed by atoms with Crippen LogP contribution >= 0.6 is 0 Å². The molecule has 0 aromatic rings. The van der Waals surface area contributed by atoms with Gasteiger partial charge in [0.2, 0.25) is 5.91 Å². The van der Waals surface area contributed by atoms with Crippen LogP contribution in [0.1, 0.15) is 19.8 Å². The van der Waals surface area contributed by atoms with Crippen LogP contribution in [-0.4, -0.2) is 5.91 Å². The van der Waals surface area contributed by atoms with Gasteiger partial charge in [0.1, 0.15) is 0 Å². The molecule has 0 atom stereocenters. The second-order valence-corrected chi connectivity index (χ2v) is 2.74. The van der Waals surface area contributed by atoms with Gasteiger partial charge in [0.15, 0.2) is 0 Å². The van der Waals surface area contributed by atoms with Crippen molar-refractivity contribution < 1.29 is 4.79 Å². The van der Waals surface area contributed by atoms with E-state index in [-0.39, 0.29) is 5.91 Å². The van der Waals surface area contributed by atoms with Crippen LogP contribution < -0.4 is 5.32 Å². The fraction of sp³-hybridized carbons (Fsp3) is 0.300. The molecule has 12 heavy (non-hydrogen) atoms. The first kappa shape index (κ1) is 8.78. The monoisotopic (exact) mass is 163 g/mol. The highest BCUT2D eigenvalue weighted by atomic mass is 16.1. The molecule has 0 radical (unpaired) electrons. The lowest BCUT2D eigenvalue weighted by Crippen LogP contribution is -2.27. The maximum Gasteiger partial charge on any atom is 0.224 e. The van der Waals surface area contributed by atoms with Gasteiger partial charge in [0.05, 0.1) is 0 Å². The molecule has 1 saturated heterocycles. The van der Waals surface area contributed by atoms with Crippen molar-refractivity contribution >= 4 is 5.91 Å². The molecule has 0 unspecified atom stereocenters. The normalized spacial score (nSPS) is 21.9. The van der Waals surface area contributed by atoms with Crippen molar-refractivity contribution in [2.45, 2.75) is 19.8 Å². The van der Waals surface area contributed by atoms with Gasteiger partial charge in [-0.05, 0) is 18.9 Å². The molecule has 0 spiro atoms. The lowest BCUT2D eigenvalue weighted by molar-refractivity contribution is -0.120. The molecular formula is C10H13NO. The first-order chi connectivity index (χ1) is 5.74. The van der Waals surface area contributed by atoms with Crippen LogP contribution in [0.3, 0.4) is 0 Å². The zero-order chi connectivity index (χ0) is 8.97. The Morgan fingerprint density at radius 2 is 2.25 bits per heavy atom. The Balaban J connectivity index is 2.68. The van der Waals surface area contributed by atoms with E-state index in [1.165, 1.54) is 0 Å². The number of carbonyl (C=O) groups excluding carboxylic acids is 1. The SMILES string of the molecule is C=C1NC(=O)CC/C1=C/C=C\C. The second-order valence-electron chi connectivity index (χ2n) is 2.74. The van der Waals surface area contributed by atoms with E-state index in [1.54, 1.807) is 0 Å². The summed E-state index contributed by atoms with van der Waals surface area (Å²) in [6.45, 7) is 5.72. The highest BCUT2D eigenvalue weighted by molar-refractivity contribution is 5.81. The summed E-state index contributed by atoms with van der Waals surface area (Å²) < 4.78 is 0. The Labute approximate surface area is 72.7 Å². The smallest absolute Gasteiger partial charge is 0.224 e. The molecule has 1 aliphatic rings. The molecule has 1 heterocycles. The van der Waals surface area contributed by atoms with Crippen molar-refractivity contribution in [1.82, 2.24) is 5.32 Å². The molecule has 2 nitrogen and oxygen atoms in total. The Morgan fingerprint density at radius 1 is 1.50 bits per heavy atom. The second kappa shape index (κ2) is 3.90. The summed E-state index contributed by atoms with van der Waals surface area (Å²) >= 11 is 0. The van der Waals surface area contributed by atoms with Crippen molar-refractivity contribution in [2.75, 3.05) is 0 Å². The molecule has 0 saturated carbocycles. The van der Waals surface area contributed by atoms with Crippen LogP contribution in [0.4, 0.5) is 0 Å². The molecular weight excluding hydrogens is 150 g/mol. The standard InChI is InChI=1S/C10H13NO/c1-3-4-5-9-6-7-10(12)11-8(9)2/h3-5H,2,6-7H2,1H3,(H,11,12)/b4-3-,9-5-. The first-order valence-corrected chi connectivity index (χ1v) is 4.05. The topological polar surface area (TPSA) is 29.1 Å². The van der Waals surface area contributed by atoms with Crippen LogP contribution in [-0.2, 0) is 4.79 Å². The van der Waals surface area contributed by atoms with Crippen LogP contribution in [0.15, 0.2) is 36.1 Å². The van der Waals surface area contributed by atoms with E-state index in [1.807, 2.05) is 25.2 Å². The molecule has 1 aliphatic heterocycles. The number of hydrogen-bond acceptors (Lipinski definition) is 1. The quantitative estimate of drug-likeness (QED) is 0.628. The Bertz CT molecular complexity index is 261. The van der Waals surface area contributed by atoms with Gasteiger partial charge in [0, 0.05) is 12.1 Å². The fourth-order valence-corrected chi connectivity index (χ4v) is 1.11. The van der Waals surface area contributed by atoms with E-state index in [0.717, 1.165) is 17.7 Å². The number of rotatable bonds is 1. The summed E-state index contributed by atoms with van der Waals surface area (Å²) in [5.41, 5.74) is 1.86. The summed E-state index contributed by atoms with van der Waals surface area (Å²) in [5, 5.41) is 2.70. The zero-order valence-corrected chi connectivity index (χ0v) is 7.26. The number of allylic oxidation sites excluding steroid dienone is 4. The number of nitrogens with one attached hydrogen (secondary N) is 1. The van der Waals surface area contributed by atoms with E-state index >= 15 is 0 Å². The van der Waals surface area contributed by atoms with E-state index in [2.05, 4.69) is 11.9 Å². The Kier molecular flexibility index (Phi) is 2.86. The molecule has 0 aromatic carbocycles.